The van der Waals surface area contributed by atoms with E-state index >= 15 is 0 Å². The molecular weight excluding hydrogens is 370 g/mol. The molecule has 6 heteroatoms. The summed E-state index contributed by atoms with van der Waals surface area (Å²) in [7, 11) is 1.64. The van der Waals surface area contributed by atoms with E-state index < -0.39 is 0 Å². The topological polar surface area (TPSA) is 61.4 Å². The number of para-hydroxylation sites is 2. The molecule has 1 aromatic heterocycles. The first-order valence-corrected chi connectivity index (χ1v) is 10.4. The first-order chi connectivity index (χ1) is 13.4. The van der Waals surface area contributed by atoms with Gasteiger partial charge in [-0.2, -0.15) is 0 Å². The Morgan fingerprint density at radius 2 is 2.04 bits per heavy atom. The first-order valence-electron chi connectivity index (χ1n) is 9.52. The highest BCUT2D eigenvalue weighted by molar-refractivity contribution is 7.10. The van der Waals surface area contributed by atoms with Crippen LogP contribution in [0.4, 0.5) is 11.4 Å². The average Bonchev–Trinajstić information content (AvgIpc) is 3.13. The Hall–Kier alpha value is -2.60. The van der Waals surface area contributed by atoms with E-state index in [1.807, 2.05) is 35.7 Å². The van der Waals surface area contributed by atoms with Gasteiger partial charge in [-0.1, -0.05) is 32.0 Å². The second kappa shape index (κ2) is 7.09. The molecule has 0 saturated heterocycles. The van der Waals surface area contributed by atoms with Crippen molar-refractivity contribution in [1.82, 2.24) is 5.32 Å². The zero-order valence-electron chi connectivity index (χ0n) is 16.4. The highest BCUT2D eigenvalue weighted by Crippen LogP contribution is 2.48. The number of allylic oxidation sites excluding steroid dienone is 1. The van der Waals surface area contributed by atoms with Gasteiger partial charge in [0.15, 0.2) is 5.78 Å². The minimum atomic E-state index is -0.271. The number of hydrogen-bond donors (Lipinski definition) is 2. The van der Waals surface area contributed by atoms with Crippen molar-refractivity contribution >= 4 is 34.4 Å². The van der Waals surface area contributed by atoms with Gasteiger partial charge in [0.25, 0.3) is 0 Å². The number of Topliss-reactive ketones (excluding diaryl/α,β-unsaturated/α-hetero) is 1. The zero-order valence-corrected chi connectivity index (χ0v) is 17.2. The number of thiophene rings is 1. The number of nitrogens with zero attached hydrogens (tertiary/aromatic N) is 1. The molecule has 0 radical (unpaired) electrons. The first kappa shape index (κ1) is 18.7. The van der Waals surface area contributed by atoms with Gasteiger partial charge in [-0.3, -0.25) is 9.59 Å². The maximum Gasteiger partial charge on any atom is 0.239 e. The van der Waals surface area contributed by atoms with Crippen LogP contribution < -0.4 is 15.5 Å². The zero-order chi connectivity index (χ0) is 19.9. The standard InChI is InChI=1S/C22H25N3O2S/c1-22(2)11-15-20(17(26)12-22)21(18-9-6-10-28-18)25(13-19(27)23-3)16-8-5-4-7-14(16)24-15/h4-10,21,24H,11-13H2,1-3H3,(H,23,27)/t21-/m0/s1. The molecule has 2 aromatic rings. The van der Waals surface area contributed by atoms with Crippen LogP contribution in [0.25, 0.3) is 0 Å². The third-order valence-electron chi connectivity index (χ3n) is 5.41. The van der Waals surface area contributed by atoms with Crippen LogP contribution in [-0.4, -0.2) is 25.3 Å². The Labute approximate surface area is 169 Å². The number of likely N-dealkylation sites (N-methyl/N-ethyl adjacent to an activating group) is 1. The van der Waals surface area contributed by atoms with Crippen LogP contribution in [-0.2, 0) is 9.59 Å². The van der Waals surface area contributed by atoms with Gasteiger partial charge in [0.2, 0.25) is 5.91 Å². The Kier molecular flexibility index (Phi) is 4.75. The van der Waals surface area contributed by atoms with Gasteiger partial charge >= 0.3 is 0 Å². The summed E-state index contributed by atoms with van der Waals surface area (Å²) < 4.78 is 0. The van der Waals surface area contributed by atoms with Gasteiger partial charge in [-0.05, 0) is 35.4 Å². The van der Waals surface area contributed by atoms with E-state index in [0.29, 0.717) is 6.42 Å². The largest absolute Gasteiger partial charge is 0.358 e. The quantitative estimate of drug-likeness (QED) is 0.821. The van der Waals surface area contributed by atoms with E-state index in [-0.39, 0.29) is 29.7 Å². The molecule has 0 saturated carbocycles. The van der Waals surface area contributed by atoms with Crippen LogP contribution >= 0.6 is 11.3 Å². The fraction of sp³-hybridized carbons (Fsp3) is 0.364. The molecule has 146 valence electrons. The SMILES string of the molecule is CNC(=O)CN1c2ccccc2NC2=C(C(=O)CC(C)(C)C2)[C@@H]1c1cccs1. The molecule has 0 unspecified atom stereocenters. The second-order valence-corrected chi connectivity index (χ2v) is 9.17. The molecule has 5 nitrogen and oxygen atoms in total. The number of fused-ring (bicyclic) bond motifs is 1. The van der Waals surface area contributed by atoms with Crippen molar-refractivity contribution in [3.63, 3.8) is 0 Å². The van der Waals surface area contributed by atoms with Gasteiger partial charge in [0.1, 0.15) is 0 Å². The minimum absolute atomic E-state index is 0.0796. The number of benzene rings is 1. The summed E-state index contributed by atoms with van der Waals surface area (Å²) in [4.78, 5) is 28.9. The smallest absolute Gasteiger partial charge is 0.239 e. The average molecular weight is 396 g/mol. The highest BCUT2D eigenvalue weighted by Gasteiger charge is 2.42. The van der Waals surface area contributed by atoms with E-state index in [4.69, 9.17) is 0 Å². The summed E-state index contributed by atoms with van der Waals surface area (Å²) >= 11 is 1.62. The Morgan fingerprint density at radius 1 is 1.25 bits per heavy atom. The van der Waals surface area contributed by atoms with E-state index in [0.717, 1.165) is 33.9 Å². The summed E-state index contributed by atoms with van der Waals surface area (Å²) in [6.07, 6.45) is 1.32. The number of anilines is 2. The summed E-state index contributed by atoms with van der Waals surface area (Å²) in [6.45, 7) is 4.45. The lowest BCUT2D eigenvalue weighted by molar-refractivity contribution is -0.120. The van der Waals surface area contributed by atoms with E-state index in [2.05, 4.69) is 35.4 Å². The maximum atomic E-state index is 13.3. The second-order valence-electron chi connectivity index (χ2n) is 8.19. The number of hydrogen-bond acceptors (Lipinski definition) is 5. The van der Waals surface area contributed by atoms with Gasteiger partial charge < -0.3 is 15.5 Å². The van der Waals surface area contributed by atoms with Crippen molar-refractivity contribution in [3.05, 3.63) is 57.9 Å². The van der Waals surface area contributed by atoms with Crippen molar-refractivity contribution in [2.45, 2.75) is 32.7 Å². The monoisotopic (exact) mass is 395 g/mol. The van der Waals surface area contributed by atoms with Crippen LogP contribution in [0.15, 0.2) is 53.0 Å². The third-order valence-corrected chi connectivity index (χ3v) is 6.33. The fourth-order valence-electron chi connectivity index (χ4n) is 4.20. The van der Waals surface area contributed by atoms with Crippen molar-refractivity contribution in [2.75, 3.05) is 23.8 Å². The maximum absolute atomic E-state index is 13.3. The number of nitrogens with one attached hydrogen (secondary N) is 2. The van der Waals surface area contributed by atoms with Crippen LogP contribution in [0.2, 0.25) is 0 Å². The molecule has 1 amide bonds. The molecule has 2 N–H and O–H groups in total. The van der Waals surface area contributed by atoms with Crippen molar-refractivity contribution in [2.24, 2.45) is 5.41 Å². The molecule has 0 bridgehead atoms. The number of carbonyl (C=O) groups excluding carboxylic acids is 2. The lowest BCUT2D eigenvalue weighted by atomic mass is 9.74. The Morgan fingerprint density at radius 3 is 2.75 bits per heavy atom. The molecule has 28 heavy (non-hydrogen) atoms. The van der Waals surface area contributed by atoms with Crippen LogP contribution in [0.5, 0.6) is 0 Å². The van der Waals surface area contributed by atoms with Gasteiger partial charge in [-0.15, -0.1) is 11.3 Å². The Balaban J connectivity index is 1.94. The minimum Gasteiger partial charge on any atom is -0.358 e. The van der Waals surface area contributed by atoms with Crippen LogP contribution in [0, 0.1) is 5.41 Å². The van der Waals surface area contributed by atoms with Crippen molar-refractivity contribution in [1.29, 1.82) is 0 Å². The van der Waals surface area contributed by atoms with Crippen LogP contribution in [0.3, 0.4) is 0 Å². The lowest BCUT2D eigenvalue weighted by Gasteiger charge is -2.37. The third kappa shape index (κ3) is 3.33. The van der Waals surface area contributed by atoms with E-state index in [9.17, 15) is 9.59 Å². The fourth-order valence-corrected chi connectivity index (χ4v) is 5.05. The molecule has 1 atom stereocenters. The Bertz CT molecular complexity index is 946. The van der Waals surface area contributed by atoms with E-state index in [1.165, 1.54) is 0 Å². The van der Waals surface area contributed by atoms with Crippen molar-refractivity contribution in [3.8, 4) is 0 Å². The molecule has 0 spiro atoms. The molecule has 1 aliphatic heterocycles. The predicted octanol–water partition coefficient (Wildman–Crippen LogP) is 4.11. The van der Waals surface area contributed by atoms with Gasteiger partial charge in [0, 0.05) is 29.6 Å². The van der Waals surface area contributed by atoms with Crippen molar-refractivity contribution < 1.29 is 9.59 Å². The summed E-state index contributed by atoms with van der Waals surface area (Å²) in [5, 5.41) is 8.30. The van der Waals surface area contributed by atoms with Crippen LogP contribution in [0.1, 0.15) is 37.6 Å². The van der Waals surface area contributed by atoms with Gasteiger partial charge in [-0.25, -0.2) is 0 Å². The molecular formula is C22H25N3O2S. The predicted molar refractivity (Wildman–Crippen MR) is 114 cm³/mol. The van der Waals surface area contributed by atoms with Gasteiger partial charge in [0.05, 0.1) is 24.0 Å². The molecule has 4 rings (SSSR count). The molecule has 1 aliphatic carbocycles. The normalized spacial score (nSPS) is 20.8. The summed E-state index contributed by atoms with van der Waals surface area (Å²) in [6, 6.07) is 11.8. The van der Waals surface area contributed by atoms with E-state index in [1.54, 1.807) is 18.4 Å². The summed E-state index contributed by atoms with van der Waals surface area (Å²) in [5.74, 6) is 0.0795. The number of carbonyl (C=O) groups is 2. The highest BCUT2D eigenvalue weighted by atomic mass is 32.1. The summed E-state index contributed by atoms with van der Waals surface area (Å²) in [5.41, 5.74) is 3.55. The lowest BCUT2D eigenvalue weighted by Crippen LogP contribution is -2.41. The molecule has 0 fully saturated rings. The molecule has 2 heterocycles. The number of ketones is 1. The molecule has 1 aromatic carbocycles. The number of rotatable bonds is 3. The number of amides is 1. The molecule has 2 aliphatic rings.